The number of methoxy groups -OCH3 is 1. The van der Waals surface area contributed by atoms with Crippen LogP contribution in [0.2, 0.25) is 5.02 Å². The molecule has 5 nitrogen and oxygen atoms in total. The lowest BCUT2D eigenvalue weighted by Gasteiger charge is -2.10. The molecule has 6 heteroatoms. The topological polar surface area (TPSA) is 60.2 Å². The zero-order valence-electron chi connectivity index (χ0n) is 12.8. The van der Waals surface area contributed by atoms with E-state index in [0.29, 0.717) is 23.3 Å². The Bertz CT molecular complexity index is 817. The Morgan fingerprint density at radius 2 is 2.09 bits per heavy atom. The van der Waals surface area contributed by atoms with Gasteiger partial charge in [-0.3, -0.25) is 0 Å². The fourth-order valence-electron chi connectivity index (χ4n) is 2.20. The minimum absolute atomic E-state index is 0.410. The third-order valence-corrected chi connectivity index (χ3v) is 3.57. The third kappa shape index (κ3) is 3.63. The number of benzene rings is 2. The van der Waals surface area contributed by atoms with Gasteiger partial charge in [-0.1, -0.05) is 35.0 Å². The Morgan fingerprint density at radius 1 is 1.22 bits per heavy atom. The van der Waals surface area contributed by atoms with Crippen molar-refractivity contribution >= 4 is 17.3 Å². The molecule has 1 N–H and O–H groups in total. The zero-order chi connectivity index (χ0) is 16.2. The summed E-state index contributed by atoms with van der Waals surface area (Å²) in [6.07, 6.45) is 0. The van der Waals surface area contributed by atoms with E-state index in [2.05, 4.69) is 15.5 Å². The number of anilines is 1. The van der Waals surface area contributed by atoms with Gasteiger partial charge in [0, 0.05) is 10.6 Å². The second kappa shape index (κ2) is 6.71. The summed E-state index contributed by atoms with van der Waals surface area (Å²) in [7, 11) is 1.64. The fraction of sp³-hybridized carbons (Fsp3) is 0.176. The first-order valence-corrected chi connectivity index (χ1v) is 7.50. The Balaban J connectivity index is 1.74. The van der Waals surface area contributed by atoms with Crippen molar-refractivity contribution in [1.29, 1.82) is 0 Å². The Labute approximate surface area is 139 Å². The molecule has 0 saturated heterocycles. The second-order valence-corrected chi connectivity index (χ2v) is 5.52. The highest BCUT2D eigenvalue weighted by molar-refractivity contribution is 6.30. The number of hydrogen-bond donors (Lipinski definition) is 1. The number of aromatic nitrogens is 2. The predicted octanol–water partition coefficient (Wildman–Crippen LogP) is 4.32. The average Bonchev–Trinajstić information content (AvgIpc) is 3.02. The van der Waals surface area contributed by atoms with Crippen molar-refractivity contribution in [2.75, 3.05) is 12.4 Å². The molecule has 0 bridgehead atoms. The molecule has 0 aliphatic heterocycles. The van der Waals surface area contributed by atoms with Crippen LogP contribution in [0.4, 0.5) is 5.69 Å². The molecule has 0 fully saturated rings. The third-order valence-electron chi connectivity index (χ3n) is 3.34. The van der Waals surface area contributed by atoms with E-state index in [4.69, 9.17) is 20.9 Å². The molecule has 0 aliphatic carbocycles. The minimum atomic E-state index is 0.410. The van der Waals surface area contributed by atoms with Gasteiger partial charge in [0.2, 0.25) is 11.7 Å². The van der Waals surface area contributed by atoms with Crippen molar-refractivity contribution in [3.05, 3.63) is 58.9 Å². The summed E-state index contributed by atoms with van der Waals surface area (Å²) >= 11 is 5.98. The van der Waals surface area contributed by atoms with E-state index < -0.39 is 0 Å². The van der Waals surface area contributed by atoms with Crippen LogP contribution in [0.25, 0.3) is 11.4 Å². The highest BCUT2D eigenvalue weighted by Gasteiger charge is 2.10. The monoisotopic (exact) mass is 329 g/mol. The smallest absolute Gasteiger partial charge is 0.246 e. The first-order chi connectivity index (χ1) is 11.2. The molecule has 2 aromatic carbocycles. The number of halogens is 1. The van der Waals surface area contributed by atoms with Crippen molar-refractivity contribution in [2.24, 2.45) is 0 Å². The lowest BCUT2D eigenvalue weighted by molar-refractivity contribution is 0.383. The Morgan fingerprint density at radius 3 is 2.87 bits per heavy atom. The van der Waals surface area contributed by atoms with Crippen LogP contribution in [0, 0.1) is 6.92 Å². The quantitative estimate of drug-likeness (QED) is 0.755. The van der Waals surface area contributed by atoms with Gasteiger partial charge in [0.25, 0.3) is 0 Å². The number of aryl methyl sites for hydroxylation is 1. The summed E-state index contributed by atoms with van der Waals surface area (Å²) in [6.45, 7) is 2.43. The van der Waals surface area contributed by atoms with Crippen LogP contribution in [0.1, 0.15) is 11.5 Å². The minimum Gasteiger partial charge on any atom is -0.495 e. The Hall–Kier alpha value is -2.53. The maximum atomic E-state index is 5.98. The Kier molecular flexibility index (Phi) is 4.48. The second-order valence-electron chi connectivity index (χ2n) is 5.08. The normalized spacial score (nSPS) is 10.6. The van der Waals surface area contributed by atoms with Crippen LogP contribution >= 0.6 is 11.6 Å². The predicted molar refractivity (Wildman–Crippen MR) is 89.8 cm³/mol. The highest BCUT2D eigenvalue weighted by atomic mass is 35.5. The summed E-state index contributed by atoms with van der Waals surface area (Å²) in [6, 6.07) is 13.3. The lowest BCUT2D eigenvalue weighted by atomic mass is 10.2. The molecule has 0 radical (unpaired) electrons. The van der Waals surface area contributed by atoms with Crippen molar-refractivity contribution in [1.82, 2.24) is 10.1 Å². The largest absolute Gasteiger partial charge is 0.495 e. The van der Waals surface area contributed by atoms with Gasteiger partial charge in [-0.05, 0) is 36.8 Å². The van der Waals surface area contributed by atoms with Gasteiger partial charge in [-0.2, -0.15) is 4.98 Å². The standard InChI is InChI=1S/C17H16ClN3O2/c1-11-6-7-15(22-2)14(8-11)19-10-16-20-17(21-23-16)12-4-3-5-13(18)9-12/h3-9,19H,10H2,1-2H3. The molecule has 1 heterocycles. The van der Waals surface area contributed by atoms with Gasteiger partial charge < -0.3 is 14.6 Å². The molecule has 3 aromatic rings. The van der Waals surface area contributed by atoms with Crippen LogP contribution in [-0.2, 0) is 6.54 Å². The van der Waals surface area contributed by atoms with Crippen molar-refractivity contribution in [3.63, 3.8) is 0 Å². The number of ether oxygens (including phenoxy) is 1. The van der Waals surface area contributed by atoms with E-state index in [-0.39, 0.29) is 0 Å². The first-order valence-electron chi connectivity index (χ1n) is 7.13. The molecule has 23 heavy (non-hydrogen) atoms. The number of nitrogens with one attached hydrogen (secondary N) is 1. The van der Waals surface area contributed by atoms with Crippen LogP contribution < -0.4 is 10.1 Å². The van der Waals surface area contributed by atoms with Crippen LogP contribution in [0.5, 0.6) is 5.75 Å². The SMILES string of the molecule is COc1ccc(C)cc1NCc1nc(-c2cccc(Cl)c2)no1. The van der Waals surface area contributed by atoms with Gasteiger partial charge in [-0.25, -0.2) is 0 Å². The molecule has 0 spiro atoms. The summed E-state index contributed by atoms with van der Waals surface area (Å²) in [5.41, 5.74) is 2.84. The van der Waals surface area contributed by atoms with Crippen molar-refractivity contribution < 1.29 is 9.26 Å². The lowest BCUT2D eigenvalue weighted by Crippen LogP contribution is -2.02. The van der Waals surface area contributed by atoms with Crippen LogP contribution in [-0.4, -0.2) is 17.3 Å². The summed E-state index contributed by atoms with van der Waals surface area (Å²) in [5.74, 6) is 1.77. The van der Waals surface area contributed by atoms with Gasteiger partial charge in [0.05, 0.1) is 19.3 Å². The zero-order valence-corrected chi connectivity index (χ0v) is 13.6. The molecule has 0 unspecified atom stereocenters. The summed E-state index contributed by atoms with van der Waals surface area (Å²) < 4.78 is 10.6. The number of hydrogen-bond acceptors (Lipinski definition) is 5. The molecule has 0 aliphatic rings. The van der Waals surface area contributed by atoms with E-state index >= 15 is 0 Å². The maximum Gasteiger partial charge on any atom is 0.246 e. The molecule has 3 rings (SSSR count). The number of rotatable bonds is 5. The highest BCUT2D eigenvalue weighted by Crippen LogP contribution is 2.26. The van der Waals surface area contributed by atoms with Gasteiger partial charge in [-0.15, -0.1) is 0 Å². The van der Waals surface area contributed by atoms with E-state index in [1.807, 2.05) is 37.3 Å². The molecule has 1 aromatic heterocycles. The van der Waals surface area contributed by atoms with E-state index in [1.54, 1.807) is 19.2 Å². The van der Waals surface area contributed by atoms with Gasteiger partial charge in [0.15, 0.2) is 0 Å². The summed E-state index contributed by atoms with van der Waals surface area (Å²) in [4.78, 5) is 4.37. The summed E-state index contributed by atoms with van der Waals surface area (Å²) in [5, 5.41) is 7.87. The molecular weight excluding hydrogens is 314 g/mol. The van der Waals surface area contributed by atoms with E-state index in [9.17, 15) is 0 Å². The molecule has 0 saturated carbocycles. The van der Waals surface area contributed by atoms with Crippen LogP contribution in [0.3, 0.4) is 0 Å². The maximum absolute atomic E-state index is 5.98. The first kappa shape index (κ1) is 15.4. The molecular formula is C17H16ClN3O2. The van der Waals surface area contributed by atoms with E-state index in [0.717, 1.165) is 22.6 Å². The average molecular weight is 330 g/mol. The van der Waals surface area contributed by atoms with Gasteiger partial charge >= 0.3 is 0 Å². The number of nitrogens with zero attached hydrogens (tertiary/aromatic N) is 2. The van der Waals surface area contributed by atoms with Gasteiger partial charge in [0.1, 0.15) is 5.75 Å². The molecule has 118 valence electrons. The molecule has 0 atom stereocenters. The fourth-order valence-corrected chi connectivity index (χ4v) is 2.39. The van der Waals surface area contributed by atoms with E-state index in [1.165, 1.54) is 0 Å². The van der Waals surface area contributed by atoms with Crippen molar-refractivity contribution in [2.45, 2.75) is 13.5 Å². The molecule has 0 amide bonds. The van der Waals surface area contributed by atoms with Crippen LogP contribution in [0.15, 0.2) is 47.0 Å². The van der Waals surface area contributed by atoms with Crippen molar-refractivity contribution in [3.8, 4) is 17.1 Å².